The van der Waals surface area contributed by atoms with E-state index in [9.17, 15) is 9.65 Å². The highest BCUT2D eigenvalue weighted by molar-refractivity contribution is 5.48. The molecule has 1 heterocycles. The van der Waals surface area contributed by atoms with Crippen molar-refractivity contribution in [1.29, 1.82) is 5.26 Å². The molecule has 29 heavy (non-hydrogen) atoms. The number of ether oxygens (including phenoxy) is 1. The Morgan fingerprint density at radius 1 is 1.14 bits per heavy atom. The summed E-state index contributed by atoms with van der Waals surface area (Å²) in [5.74, 6) is 0.590. The van der Waals surface area contributed by atoms with Crippen LogP contribution in [0.2, 0.25) is 0 Å². The Morgan fingerprint density at radius 2 is 1.83 bits per heavy atom. The van der Waals surface area contributed by atoms with E-state index in [4.69, 9.17) is 4.74 Å². The molecule has 1 N–H and O–H groups in total. The number of halogens is 1. The standard InChI is InChI=1S/C22H26FN3O.C2H6/c1-17(2)27-21-8-3-5-18(13-21)15-26-11-9-22(16-24,10-12-26)25-20-7-4-6-19(23)14-20;1-2/h3-8,13-14,17,25H,9-12,15H2,1-2H3;1-2H3. The Morgan fingerprint density at radius 3 is 2.45 bits per heavy atom. The highest BCUT2D eigenvalue weighted by atomic mass is 19.1. The summed E-state index contributed by atoms with van der Waals surface area (Å²) >= 11 is 0. The van der Waals surface area contributed by atoms with Crippen molar-refractivity contribution in [2.75, 3.05) is 18.4 Å². The van der Waals surface area contributed by atoms with Crippen LogP contribution in [0.25, 0.3) is 0 Å². The van der Waals surface area contributed by atoms with Crippen LogP contribution in [0, 0.1) is 17.1 Å². The van der Waals surface area contributed by atoms with Gasteiger partial charge < -0.3 is 10.1 Å². The molecule has 0 unspecified atom stereocenters. The highest BCUT2D eigenvalue weighted by Gasteiger charge is 2.34. The van der Waals surface area contributed by atoms with Crippen LogP contribution < -0.4 is 10.1 Å². The van der Waals surface area contributed by atoms with Crippen molar-refractivity contribution < 1.29 is 9.13 Å². The maximum atomic E-state index is 13.4. The second-order valence-corrected chi connectivity index (χ2v) is 7.42. The fourth-order valence-corrected chi connectivity index (χ4v) is 3.45. The summed E-state index contributed by atoms with van der Waals surface area (Å²) in [6.45, 7) is 10.5. The van der Waals surface area contributed by atoms with E-state index in [0.29, 0.717) is 18.5 Å². The normalized spacial score (nSPS) is 15.8. The number of benzene rings is 2. The molecule has 0 aromatic heterocycles. The molecule has 1 aliphatic rings. The van der Waals surface area contributed by atoms with E-state index >= 15 is 0 Å². The Kier molecular flexibility index (Phi) is 8.48. The second kappa shape index (κ2) is 10.8. The van der Waals surface area contributed by atoms with Crippen LogP contribution in [-0.4, -0.2) is 29.6 Å². The van der Waals surface area contributed by atoms with Gasteiger partial charge >= 0.3 is 0 Å². The monoisotopic (exact) mass is 397 g/mol. The fraction of sp³-hybridized carbons (Fsp3) is 0.458. The summed E-state index contributed by atoms with van der Waals surface area (Å²) in [5.41, 5.74) is 1.21. The molecule has 0 radical (unpaired) electrons. The van der Waals surface area contributed by atoms with Crippen molar-refractivity contribution in [3.63, 3.8) is 0 Å². The van der Waals surface area contributed by atoms with Gasteiger partial charge in [-0.05, 0) is 62.6 Å². The third kappa shape index (κ3) is 6.76. The van der Waals surface area contributed by atoms with Crippen molar-refractivity contribution in [2.24, 2.45) is 0 Å². The lowest BCUT2D eigenvalue weighted by atomic mass is 9.88. The summed E-state index contributed by atoms with van der Waals surface area (Å²) in [6.07, 6.45) is 1.55. The van der Waals surface area contributed by atoms with E-state index in [2.05, 4.69) is 28.4 Å². The van der Waals surface area contributed by atoms with Gasteiger partial charge in [0.2, 0.25) is 0 Å². The zero-order valence-corrected chi connectivity index (χ0v) is 17.9. The smallest absolute Gasteiger partial charge is 0.127 e. The quantitative estimate of drug-likeness (QED) is 0.688. The van der Waals surface area contributed by atoms with Gasteiger partial charge in [0.1, 0.15) is 17.1 Å². The SMILES string of the molecule is CC.CC(C)Oc1cccc(CN2CCC(C#N)(Nc3cccc(F)c3)CC2)c1. The molecule has 0 spiro atoms. The largest absolute Gasteiger partial charge is 0.491 e. The van der Waals surface area contributed by atoms with E-state index in [-0.39, 0.29) is 11.9 Å². The van der Waals surface area contributed by atoms with E-state index < -0.39 is 5.54 Å². The average molecular weight is 398 g/mol. The Balaban J connectivity index is 0.00000145. The van der Waals surface area contributed by atoms with Crippen molar-refractivity contribution in [3.05, 3.63) is 59.9 Å². The summed E-state index contributed by atoms with van der Waals surface area (Å²) < 4.78 is 19.2. The first-order valence-corrected chi connectivity index (χ1v) is 10.4. The summed E-state index contributed by atoms with van der Waals surface area (Å²) in [4.78, 5) is 2.34. The van der Waals surface area contributed by atoms with Crippen LogP contribution in [-0.2, 0) is 6.54 Å². The maximum Gasteiger partial charge on any atom is 0.127 e. The van der Waals surface area contributed by atoms with Gasteiger partial charge in [0.25, 0.3) is 0 Å². The van der Waals surface area contributed by atoms with Gasteiger partial charge in [-0.15, -0.1) is 0 Å². The summed E-state index contributed by atoms with van der Waals surface area (Å²) in [6, 6.07) is 16.9. The van der Waals surface area contributed by atoms with Crippen LogP contribution in [0.3, 0.4) is 0 Å². The number of anilines is 1. The van der Waals surface area contributed by atoms with Crippen molar-refractivity contribution in [3.8, 4) is 11.8 Å². The number of hydrogen-bond acceptors (Lipinski definition) is 4. The summed E-state index contributed by atoms with van der Waals surface area (Å²) in [7, 11) is 0. The Labute approximate surface area is 174 Å². The number of hydrogen-bond donors (Lipinski definition) is 1. The van der Waals surface area contributed by atoms with Crippen LogP contribution >= 0.6 is 0 Å². The van der Waals surface area contributed by atoms with E-state index in [1.165, 1.54) is 17.7 Å². The predicted molar refractivity (Wildman–Crippen MR) is 116 cm³/mol. The third-order valence-corrected chi connectivity index (χ3v) is 4.81. The van der Waals surface area contributed by atoms with Gasteiger partial charge in [-0.3, -0.25) is 4.90 Å². The van der Waals surface area contributed by atoms with Crippen LogP contribution in [0.15, 0.2) is 48.5 Å². The summed E-state index contributed by atoms with van der Waals surface area (Å²) in [5, 5.41) is 13.0. The molecule has 156 valence electrons. The molecule has 0 aliphatic carbocycles. The highest BCUT2D eigenvalue weighted by Crippen LogP contribution is 2.28. The minimum atomic E-state index is -0.646. The first-order chi connectivity index (χ1) is 14.0. The van der Waals surface area contributed by atoms with Gasteiger partial charge in [-0.25, -0.2) is 4.39 Å². The van der Waals surface area contributed by atoms with Gasteiger partial charge in [-0.1, -0.05) is 32.0 Å². The van der Waals surface area contributed by atoms with Crippen molar-refractivity contribution in [1.82, 2.24) is 4.90 Å². The Bertz CT molecular complexity index is 808. The lowest BCUT2D eigenvalue weighted by molar-refractivity contribution is 0.189. The zero-order valence-electron chi connectivity index (χ0n) is 17.9. The lowest BCUT2D eigenvalue weighted by Crippen LogP contribution is -2.48. The van der Waals surface area contributed by atoms with Crippen molar-refractivity contribution >= 4 is 5.69 Å². The van der Waals surface area contributed by atoms with Crippen molar-refractivity contribution in [2.45, 2.75) is 58.7 Å². The average Bonchev–Trinajstić information content (AvgIpc) is 2.71. The minimum Gasteiger partial charge on any atom is -0.491 e. The minimum absolute atomic E-state index is 0.153. The molecule has 5 heteroatoms. The number of piperidine rings is 1. The molecular weight excluding hydrogens is 365 g/mol. The Hall–Kier alpha value is -2.58. The van der Waals surface area contributed by atoms with Crippen LogP contribution in [0.5, 0.6) is 5.75 Å². The van der Waals surface area contributed by atoms with E-state index in [0.717, 1.165) is 25.4 Å². The molecule has 3 rings (SSSR count). The molecule has 1 aliphatic heterocycles. The molecule has 1 fully saturated rings. The number of nitrogens with one attached hydrogen (secondary N) is 1. The zero-order chi connectivity index (χ0) is 21.3. The molecule has 4 nitrogen and oxygen atoms in total. The van der Waals surface area contributed by atoms with Crippen LogP contribution in [0.4, 0.5) is 10.1 Å². The molecule has 2 aromatic carbocycles. The lowest BCUT2D eigenvalue weighted by Gasteiger charge is -2.38. The first-order valence-electron chi connectivity index (χ1n) is 10.4. The van der Waals surface area contributed by atoms with E-state index in [1.807, 2.05) is 39.8 Å². The number of nitrogens with zero attached hydrogens (tertiary/aromatic N) is 2. The number of rotatable bonds is 6. The van der Waals surface area contributed by atoms with Gasteiger partial charge in [0.05, 0.1) is 12.2 Å². The fourth-order valence-electron chi connectivity index (χ4n) is 3.45. The molecule has 0 atom stereocenters. The molecule has 2 aromatic rings. The molecule has 0 amide bonds. The second-order valence-electron chi connectivity index (χ2n) is 7.42. The molecule has 0 bridgehead atoms. The first kappa shape index (κ1) is 22.7. The molecule has 1 saturated heterocycles. The molecular formula is C24H32FN3O. The van der Waals surface area contributed by atoms with Gasteiger partial charge in [-0.2, -0.15) is 5.26 Å². The van der Waals surface area contributed by atoms with Gasteiger partial charge in [0, 0.05) is 25.3 Å². The maximum absolute atomic E-state index is 13.4. The predicted octanol–water partition coefficient (Wildman–Crippen LogP) is 5.61. The third-order valence-electron chi connectivity index (χ3n) is 4.81. The van der Waals surface area contributed by atoms with Gasteiger partial charge in [0.15, 0.2) is 0 Å². The number of likely N-dealkylation sites (tertiary alicyclic amines) is 1. The van der Waals surface area contributed by atoms with E-state index in [1.54, 1.807) is 12.1 Å². The topological polar surface area (TPSA) is 48.3 Å². The number of nitriles is 1. The molecule has 0 saturated carbocycles. The van der Waals surface area contributed by atoms with Crippen LogP contribution in [0.1, 0.15) is 46.1 Å².